The number of rotatable bonds is 6. The summed E-state index contributed by atoms with van der Waals surface area (Å²) in [6, 6.07) is 0. The van der Waals surface area contributed by atoms with E-state index in [-0.39, 0.29) is 25.3 Å². The van der Waals surface area contributed by atoms with Gasteiger partial charge in [-0.2, -0.15) is 10.1 Å². The topological polar surface area (TPSA) is 109 Å². The fraction of sp³-hybridized carbons (Fsp3) is 0.462. The maximum Gasteiger partial charge on any atom is 0.305 e. The third-order valence-electron chi connectivity index (χ3n) is 3.25. The number of nitrogens with one attached hydrogen (secondary N) is 1. The fourth-order valence-corrected chi connectivity index (χ4v) is 2.15. The van der Waals surface area contributed by atoms with Gasteiger partial charge in [-0.25, -0.2) is 9.50 Å². The van der Waals surface area contributed by atoms with Gasteiger partial charge in [-0.15, -0.1) is 0 Å². The Morgan fingerprint density at radius 3 is 2.81 bits per heavy atom. The van der Waals surface area contributed by atoms with Gasteiger partial charge in [0.15, 0.2) is 0 Å². The Labute approximate surface area is 121 Å². The summed E-state index contributed by atoms with van der Waals surface area (Å²) < 4.78 is 1.64. The highest BCUT2D eigenvalue weighted by Crippen LogP contribution is 2.14. The molecule has 1 amide bonds. The van der Waals surface area contributed by atoms with E-state index in [4.69, 9.17) is 5.11 Å². The molecule has 8 nitrogen and oxygen atoms in total. The molecule has 2 rings (SSSR count). The Morgan fingerprint density at radius 2 is 2.10 bits per heavy atom. The number of fused-ring (bicyclic) bond motifs is 1. The number of carboxylic acids is 1. The third-order valence-corrected chi connectivity index (χ3v) is 3.25. The molecule has 112 valence electrons. The van der Waals surface area contributed by atoms with Gasteiger partial charge in [-0.05, 0) is 25.8 Å². The van der Waals surface area contributed by atoms with E-state index in [0.29, 0.717) is 12.2 Å². The Bertz CT molecular complexity index is 680. The summed E-state index contributed by atoms with van der Waals surface area (Å²) in [5, 5.41) is 15.2. The maximum absolute atomic E-state index is 11.7. The van der Waals surface area contributed by atoms with Crippen LogP contribution in [-0.4, -0.2) is 43.1 Å². The number of aliphatic carboxylic acids is 1. The lowest BCUT2D eigenvalue weighted by Gasteiger charge is -2.10. The van der Waals surface area contributed by atoms with Crippen LogP contribution in [0.5, 0.6) is 0 Å². The molecular weight excluding hydrogens is 274 g/mol. The molecule has 0 saturated heterocycles. The van der Waals surface area contributed by atoms with Crippen molar-refractivity contribution in [2.75, 3.05) is 6.54 Å². The van der Waals surface area contributed by atoms with E-state index in [2.05, 4.69) is 20.4 Å². The highest BCUT2D eigenvalue weighted by molar-refractivity contribution is 5.77. The number of carbonyl (C=O) groups is 2. The smallest absolute Gasteiger partial charge is 0.305 e. The number of aromatic nitrogens is 4. The van der Waals surface area contributed by atoms with Crippen molar-refractivity contribution in [2.24, 2.45) is 0 Å². The quantitative estimate of drug-likeness (QED) is 0.790. The van der Waals surface area contributed by atoms with E-state index in [1.807, 2.05) is 13.8 Å². The summed E-state index contributed by atoms with van der Waals surface area (Å²) in [5.41, 5.74) is 2.70. The van der Waals surface area contributed by atoms with Crippen LogP contribution in [0.2, 0.25) is 0 Å². The molecule has 0 bridgehead atoms. The van der Waals surface area contributed by atoms with E-state index < -0.39 is 5.97 Å². The molecular formula is C13H17N5O3. The average molecular weight is 291 g/mol. The molecule has 8 heteroatoms. The van der Waals surface area contributed by atoms with Crippen LogP contribution < -0.4 is 5.32 Å². The number of aryl methyl sites for hydroxylation is 2. The lowest BCUT2D eigenvalue weighted by Crippen LogP contribution is -2.26. The van der Waals surface area contributed by atoms with Crippen LogP contribution in [0.4, 0.5) is 0 Å². The van der Waals surface area contributed by atoms with Crippen LogP contribution in [0.1, 0.15) is 29.8 Å². The van der Waals surface area contributed by atoms with Crippen molar-refractivity contribution in [2.45, 2.75) is 33.1 Å². The van der Waals surface area contributed by atoms with Crippen molar-refractivity contribution >= 4 is 17.7 Å². The normalized spacial score (nSPS) is 10.8. The molecule has 0 aliphatic carbocycles. The maximum atomic E-state index is 11.7. The van der Waals surface area contributed by atoms with E-state index in [9.17, 15) is 9.59 Å². The molecule has 0 fully saturated rings. The average Bonchev–Trinajstić information content (AvgIpc) is 2.86. The summed E-state index contributed by atoms with van der Waals surface area (Å²) in [6.07, 6.45) is 2.18. The van der Waals surface area contributed by atoms with Gasteiger partial charge in [0.1, 0.15) is 6.33 Å². The van der Waals surface area contributed by atoms with Crippen LogP contribution in [-0.2, 0) is 16.0 Å². The van der Waals surface area contributed by atoms with Crippen LogP contribution in [0.25, 0.3) is 5.78 Å². The second kappa shape index (κ2) is 6.29. The summed E-state index contributed by atoms with van der Waals surface area (Å²) in [4.78, 5) is 30.4. The summed E-state index contributed by atoms with van der Waals surface area (Å²) in [5.74, 6) is -0.559. The Kier molecular flexibility index (Phi) is 4.46. The second-order valence-corrected chi connectivity index (χ2v) is 4.73. The Morgan fingerprint density at radius 1 is 1.33 bits per heavy atom. The fourth-order valence-electron chi connectivity index (χ4n) is 2.15. The summed E-state index contributed by atoms with van der Waals surface area (Å²) in [7, 11) is 0. The zero-order valence-electron chi connectivity index (χ0n) is 12.0. The minimum Gasteiger partial charge on any atom is -0.481 e. The predicted molar refractivity (Wildman–Crippen MR) is 73.8 cm³/mol. The molecule has 0 radical (unpaired) electrons. The molecule has 0 aliphatic heterocycles. The standard InChI is InChI=1S/C13H17N5O3/c1-8-10(3-4-11(19)14-6-5-12(20)21)9(2)18-13(17-8)15-7-16-18/h7H,3-6H2,1-2H3,(H,14,19)(H,20,21). The highest BCUT2D eigenvalue weighted by Gasteiger charge is 2.12. The predicted octanol–water partition coefficient (Wildman–Crippen LogP) is 0.265. The molecule has 2 aromatic rings. The van der Waals surface area contributed by atoms with Gasteiger partial charge in [-0.3, -0.25) is 9.59 Å². The number of amides is 1. The molecule has 0 aliphatic rings. The zero-order valence-corrected chi connectivity index (χ0v) is 12.0. The van der Waals surface area contributed by atoms with Gasteiger partial charge in [-0.1, -0.05) is 0 Å². The molecule has 0 saturated carbocycles. The Hall–Kier alpha value is -2.51. The van der Waals surface area contributed by atoms with Gasteiger partial charge in [0.25, 0.3) is 5.78 Å². The molecule has 0 atom stereocenters. The minimum atomic E-state index is -0.928. The first-order valence-corrected chi connectivity index (χ1v) is 6.63. The molecule has 0 aromatic carbocycles. The zero-order chi connectivity index (χ0) is 15.4. The lowest BCUT2D eigenvalue weighted by molar-refractivity contribution is -0.136. The van der Waals surface area contributed by atoms with Crippen molar-refractivity contribution in [3.8, 4) is 0 Å². The van der Waals surface area contributed by atoms with E-state index in [1.165, 1.54) is 6.33 Å². The van der Waals surface area contributed by atoms with Crippen LogP contribution >= 0.6 is 0 Å². The number of hydrogen-bond acceptors (Lipinski definition) is 5. The van der Waals surface area contributed by atoms with Gasteiger partial charge >= 0.3 is 5.97 Å². The van der Waals surface area contributed by atoms with Gasteiger partial charge < -0.3 is 10.4 Å². The first-order valence-electron chi connectivity index (χ1n) is 6.63. The lowest BCUT2D eigenvalue weighted by atomic mass is 10.1. The van der Waals surface area contributed by atoms with Gasteiger partial charge in [0, 0.05) is 24.4 Å². The van der Waals surface area contributed by atoms with E-state index >= 15 is 0 Å². The first-order chi connectivity index (χ1) is 9.99. The monoisotopic (exact) mass is 291 g/mol. The molecule has 2 aromatic heterocycles. The van der Waals surface area contributed by atoms with E-state index in [1.54, 1.807) is 4.52 Å². The van der Waals surface area contributed by atoms with Crippen molar-refractivity contribution in [3.05, 3.63) is 23.3 Å². The minimum absolute atomic E-state index is 0.0731. The SMILES string of the molecule is Cc1nc2ncnn2c(C)c1CCC(=O)NCCC(=O)O. The number of carbonyl (C=O) groups excluding carboxylic acids is 1. The van der Waals surface area contributed by atoms with Crippen molar-refractivity contribution in [3.63, 3.8) is 0 Å². The van der Waals surface area contributed by atoms with Crippen molar-refractivity contribution in [1.29, 1.82) is 0 Å². The highest BCUT2D eigenvalue weighted by atomic mass is 16.4. The van der Waals surface area contributed by atoms with Gasteiger partial charge in [0.05, 0.1) is 6.42 Å². The molecule has 0 unspecified atom stereocenters. The van der Waals surface area contributed by atoms with E-state index in [0.717, 1.165) is 17.0 Å². The Balaban J connectivity index is 2.00. The number of hydrogen-bond donors (Lipinski definition) is 2. The molecule has 21 heavy (non-hydrogen) atoms. The second-order valence-electron chi connectivity index (χ2n) is 4.73. The largest absolute Gasteiger partial charge is 0.481 e. The first kappa shape index (κ1) is 14.9. The van der Waals surface area contributed by atoms with Crippen LogP contribution in [0.3, 0.4) is 0 Å². The summed E-state index contributed by atoms with van der Waals surface area (Å²) in [6.45, 7) is 3.93. The summed E-state index contributed by atoms with van der Waals surface area (Å²) >= 11 is 0. The van der Waals surface area contributed by atoms with Crippen molar-refractivity contribution < 1.29 is 14.7 Å². The molecule has 2 N–H and O–H groups in total. The van der Waals surface area contributed by atoms with Gasteiger partial charge in [0.2, 0.25) is 5.91 Å². The molecule has 2 heterocycles. The van der Waals surface area contributed by atoms with Crippen molar-refractivity contribution in [1.82, 2.24) is 24.9 Å². The van der Waals surface area contributed by atoms with Crippen LogP contribution in [0, 0.1) is 13.8 Å². The molecule has 0 spiro atoms. The third kappa shape index (κ3) is 3.53. The number of nitrogens with zero attached hydrogens (tertiary/aromatic N) is 4. The number of carboxylic acid groups (broad SMARTS) is 1. The van der Waals surface area contributed by atoms with Crippen LogP contribution in [0.15, 0.2) is 6.33 Å².